The number of aliphatic hydroxyl groups is 1. The van der Waals surface area contributed by atoms with Crippen LogP contribution >= 0.6 is 11.3 Å². The molecule has 2 heterocycles. The summed E-state index contributed by atoms with van der Waals surface area (Å²) in [6, 6.07) is 12.4. The highest BCUT2D eigenvalue weighted by Gasteiger charge is 2.36. The summed E-state index contributed by atoms with van der Waals surface area (Å²) in [6.07, 6.45) is 1.43. The zero-order valence-electron chi connectivity index (χ0n) is 12.9. The Morgan fingerprint density at radius 3 is 2.68 bits per heavy atom. The SMILES string of the molecule is O=C(NCC(O)(c1ccco1)c1cccs1)c1ccccc1[N+](=O)[O-]. The molecule has 0 spiro atoms. The fraction of sp³-hybridized carbons (Fsp3) is 0.118. The van der Waals surface area contributed by atoms with Crippen molar-refractivity contribution in [3.63, 3.8) is 0 Å². The zero-order valence-corrected chi connectivity index (χ0v) is 13.7. The van der Waals surface area contributed by atoms with E-state index in [-0.39, 0.29) is 23.6 Å². The number of nitro benzene ring substituents is 1. The molecule has 1 unspecified atom stereocenters. The van der Waals surface area contributed by atoms with Gasteiger partial charge in [-0.2, -0.15) is 0 Å². The molecule has 1 amide bonds. The van der Waals surface area contributed by atoms with Crippen LogP contribution in [-0.2, 0) is 5.60 Å². The highest BCUT2D eigenvalue weighted by atomic mass is 32.1. The van der Waals surface area contributed by atoms with Crippen molar-refractivity contribution in [3.05, 3.63) is 86.5 Å². The van der Waals surface area contributed by atoms with Gasteiger partial charge in [-0.15, -0.1) is 11.3 Å². The van der Waals surface area contributed by atoms with Crippen molar-refractivity contribution < 1.29 is 19.2 Å². The molecule has 8 heteroatoms. The minimum atomic E-state index is -1.56. The molecule has 3 rings (SSSR count). The Morgan fingerprint density at radius 2 is 2.04 bits per heavy atom. The third-order valence-electron chi connectivity index (χ3n) is 3.71. The molecule has 3 aromatic rings. The van der Waals surface area contributed by atoms with E-state index in [1.165, 1.54) is 35.8 Å². The summed E-state index contributed by atoms with van der Waals surface area (Å²) in [4.78, 5) is 23.4. The van der Waals surface area contributed by atoms with E-state index in [1.54, 1.807) is 35.7 Å². The molecular formula is C17H14N2O5S. The fourth-order valence-electron chi connectivity index (χ4n) is 2.45. The van der Waals surface area contributed by atoms with Crippen molar-refractivity contribution in [3.8, 4) is 0 Å². The summed E-state index contributed by atoms with van der Waals surface area (Å²) >= 11 is 1.31. The van der Waals surface area contributed by atoms with Crippen LogP contribution in [0.1, 0.15) is 21.0 Å². The van der Waals surface area contributed by atoms with Crippen LogP contribution in [0.3, 0.4) is 0 Å². The van der Waals surface area contributed by atoms with E-state index < -0.39 is 16.4 Å². The zero-order chi connectivity index (χ0) is 17.9. The fourth-order valence-corrected chi connectivity index (χ4v) is 3.28. The number of hydrogen-bond acceptors (Lipinski definition) is 6. The molecule has 0 aliphatic heterocycles. The maximum absolute atomic E-state index is 12.4. The number of benzene rings is 1. The maximum atomic E-state index is 12.4. The van der Waals surface area contributed by atoms with Crippen molar-refractivity contribution in [2.75, 3.05) is 6.54 Å². The Kier molecular flexibility index (Phi) is 4.64. The normalized spacial score (nSPS) is 13.2. The highest BCUT2D eigenvalue weighted by Crippen LogP contribution is 2.32. The average Bonchev–Trinajstić information content (AvgIpc) is 3.33. The second kappa shape index (κ2) is 6.88. The second-order valence-electron chi connectivity index (χ2n) is 5.27. The molecule has 0 radical (unpaired) electrons. The third kappa shape index (κ3) is 3.30. The standard InChI is InChI=1S/C17H14N2O5S/c20-16(12-5-1-2-6-13(12)19(22)23)18-11-17(21,14-7-3-9-24-14)15-8-4-10-25-15/h1-10,21H,11H2,(H,18,20). The van der Waals surface area contributed by atoms with Crippen molar-refractivity contribution in [2.45, 2.75) is 5.60 Å². The minimum Gasteiger partial charge on any atom is -0.466 e. The van der Waals surface area contributed by atoms with E-state index in [4.69, 9.17) is 4.42 Å². The molecule has 0 bridgehead atoms. The molecule has 0 aliphatic carbocycles. The Bertz CT molecular complexity index is 840. The van der Waals surface area contributed by atoms with Crippen molar-refractivity contribution in [1.82, 2.24) is 5.32 Å². The van der Waals surface area contributed by atoms with E-state index in [0.29, 0.717) is 4.88 Å². The van der Waals surface area contributed by atoms with E-state index in [9.17, 15) is 20.0 Å². The number of rotatable bonds is 6. The average molecular weight is 358 g/mol. The molecule has 2 N–H and O–H groups in total. The lowest BCUT2D eigenvalue weighted by atomic mass is 9.98. The molecule has 0 aliphatic rings. The van der Waals surface area contributed by atoms with Crippen LogP contribution in [0.2, 0.25) is 0 Å². The predicted molar refractivity (Wildman–Crippen MR) is 91.5 cm³/mol. The molecule has 128 valence electrons. The van der Waals surface area contributed by atoms with Gasteiger partial charge >= 0.3 is 0 Å². The van der Waals surface area contributed by atoms with Crippen LogP contribution in [0.25, 0.3) is 0 Å². The Hall–Kier alpha value is -2.97. The first-order valence-corrected chi connectivity index (χ1v) is 8.22. The number of furan rings is 1. The first-order chi connectivity index (χ1) is 12.0. The molecule has 2 aromatic heterocycles. The van der Waals surface area contributed by atoms with Crippen molar-refractivity contribution >= 4 is 22.9 Å². The largest absolute Gasteiger partial charge is 0.466 e. The van der Waals surface area contributed by atoms with Gasteiger partial charge in [0, 0.05) is 10.9 Å². The van der Waals surface area contributed by atoms with Crippen LogP contribution in [0.5, 0.6) is 0 Å². The monoisotopic (exact) mass is 358 g/mol. The summed E-state index contributed by atoms with van der Waals surface area (Å²) in [7, 11) is 0. The predicted octanol–water partition coefficient (Wildman–Crippen LogP) is 2.92. The van der Waals surface area contributed by atoms with Crippen molar-refractivity contribution in [1.29, 1.82) is 0 Å². The van der Waals surface area contributed by atoms with Gasteiger partial charge < -0.3 is 14.8 Å². The third-order valence-corrected chi connectivity index (χ3v) is 4.73. The van der Waals surface area contributed by atoms with Crippen LogP contribution in [0, 0.1) is 10.1 Å². The summed E-state index contributed by atoms with van der Waals surface area (Å²) < 4.78 is 5.32. The minimum absolute atomic E-state index is 0.0690. The van der Waals surface area contributed by atoms with Gasteiger partial charge in [-0.3, -0.25) is 14.9 Å². The number of hydrogen-bond donors (Lipinski definition) is 2. The van der Waals surface area contributed by atoms with Gasteiger partial charge in [0.2, 0.25) is 0 Å². The number of para-hydroxylation sites is 1. The quantitative estimate of drug-likeness (QED) is 0.521. The summed E-state index contributed by atoms with van der Waals surface area (Å²) in [5, 5.41) is 26.5. The van der Waals surface area contributed by atoms with E-state index in [1.807, 2.05) is 0 Å². The molecule has 7 nitrogen and oxygen atoms in total. The first-order valence-electron chi connectivity index (χ1n) is 7.34. The van der Waals surface area contributed by atoms with Gasteiger partial charge in [-0.05, 0) is 29.6 Å². The number of nitrogens with zero attached hydrogens (tertiary/aromatic N) is 1. The Morgan fingerprint density at radius 1 is 1.24 bits per heavy atom. The molecule has 1 atom stereocenters. The summed E-state index contributed by atoms with van der Waals surface area (Å²) in [5.41, 5.74) is -1.92. The number of nitro groups is 1. The maximum Gasteiger partial charge on any atom is 0.282 e. The van der Waals surface area contributed by atoms with Crippen LogP contribution in [-0.4, -0.2) is 22.5 Å². The Labute approximate surface area is 146 Å². The Balaban J connectivity index is 1.86. The first kappa shape index (κ1) is 16.9. The van der Waals surface area contributed by atoms with Crippen LogP contribution < -0.4 is 5.32 Å². The van der Waals surface area contributed by atoms with Gasteiger partial charge in [0.15, 0.2) is 5.60 Å². The molecule has 0 saturated heterocycles. The smallest absolute Gasteiger partial charge is 0.282 e. The topological polar surface area (TPSA) is 106 Å². The summed E-state index contributed by atoms with van der Waals surface area (Å²) in [6.45, 7) is -0.189. The van der Waals surface area contributed by atoms with Crippen LogP contribution in [0.15, 0.2) is 64.6 Å². The number of thiophene rings is 1. The molecule has 25 heavy (non-hydrogen) atoms. The molecule has 1 aromatic carbocycles. The second-order valence-corrected chi connectivity index (χ2v) is 6.22. The van der Waals surface area contributed by atoms with E-state index >= 15 is 0 Å². The van der Waals surface area contributed by atoms with Crippen LogP contribution in [0.4, 0.5) is 5.69 Å². The van der Waals surface area contributed by atoms with Gasteiger partial charge in [0.1, 0.15) is 11.3 Å². The van der Waals surface area contributed by atoms with E-state index in [0.717, 1.165) is 0 Å². The lowest BCUT2D eigenvalue weighted by Crippen LogP contribution is -2.41. The number of nitrogens with one attached hydrogen (secondary N) is 1. The van der Waals surface area contributed by atoms with Gasteiger partial charge in [-0.25, -0.2) is 0 Å². The molecule has 0 saturated carbocycles. The highest BCUT2D eigenvalue weighted by molar-refractivity contribution is 7.10. The van der Waals surface area contributed by atoms with Crippen molar-refractivity contribution in [2.24, 2.45) is 0 Å². The number of amides is 1. The number of carbonyl (C=O) groups excluding carboxylic acids is 1. The molecule has 0 fully saturated rings. The number of carbonyl (C=O) groups is 1. The lowest BCUT2D eigenvalue weighted by Gasteiger charge is -2.25. The molecular weight excluding hydrogens is 344 g/mol. The van der Waals surface area contributed by atoms with Gasteiger partial charge in [-0.1, -0.05) is 18.2 Å². The van der Waals surface area contributed by atoms with Gasteiger partial charge in [0.05, 0.1) is 17.7 Å². The van der Waals surface area contributed by atoms with Gasteiger partial charge in [0.25, 0.3) is 11.6 Å². The van der Waals surface area contributed by atoms with E-state index in [2.05, 4.69) is 5.32 Å². The summed E-state index contributed by atoms with van der Waals surface area (Å²) in [5.74, 6) is -0.369. The lowest BCUT2D eigenvalue weighted by molar-refractivity contribution is -0.385.